The molecule has 0 saturated carbocycles. The first-order valence-electron chi connectivity index (χ1n) is 12.6. The molecule has 3 heterocycles. The maximum absolute atomic E-state index is 15.0. The molecule has 2 amide bonds. The molecule has 0 spiro atoms. The van der Waals surface area contributed by atoms with Crippen molar-refractivity contribution in [2.75, 3.05) is 18.2 Å². The number of ether oxygens (including phenoxy) is 1. The van der Waals surface area contributed by atoms with Crippen LogP contribution in [0.4, 0.5) is 17.6 Å². The summed E-state index contributed by atoms with van der Waals surface area (Å²) in [5.74, 6) is -3.23. The minimum absolute atomic E-state index is 0.000879. The van der Waals surface area contributed by atoms with Gasteiger partial charge in [-0.25, -0.2) is 17.6 Å². The molecule has 40 heavy (non-hydrogen) atoms. The smallest absolute Gasteiger partial charge is 0.274 e. The number of alkyl halides is 2. The van der Waals surface area contributed by atoms with Gasteiger partial charge in [0, 0.05) is 36.9 Å². The van der Waals surface area contributed by atoms with Gasteiger partial charge in [-0.1, -0.05) is 36.4 Å². The van der Waals surface area contributed by atoms with Gasteiger partial charge in [0.2, 0.25) is 0 Å². The highest BCUT2D eigenvalue weighted by Gasteiger charge is 2.47. The van der Waals surface area contributed by atoms with Gasteiger partial charge in [0.05, 0.1) is 13.2 Å². The number of nitrogens with zero attached hydrogens (tertiary/aromatic N) is 3. The van der Waals surface area contributed by atoms with Gasteiger partial charge in [-0.15, -0.1) is 0 Å². The van der Waals surface area contributed by atoms with E-state index in [1.165, 1.54) is 15.8 Å². The number of hydrogen-bond donors (Lipinski definition) is 1. The molecule has 1 saturated heterocycles. The molecule has 2 aromatic carbocycles. The Morgan fingerprint density at radius 1 is 1.07 bits per heavy atom. The molecule has 2 aliphatic heterocycles. The van der Waals surface area contributed by atoms with Crippen LogP contribution in [0.1, 0.15) is 45.3 Å². The summed E-state index contributed by atoms with van der Waals surface area (Å²) in [4.78, 5) is 40.2. The molecular formula is C28H26F4N4O4. The number of amides is 2. The quantitative estimate of drug-likeness (QED) is 0.469. The summed E-state index contributed by atoms with van der Waals surface area (Å²) < 4.78 is 64.5. The van der Waals surface area contributed by atoms with E-state index in [1.807, 2.05) is 6.07 Å². The van der Waals surface area contributed by atoms with Crippen LogP contribution in [0.2, 0.25) is 0 Å². The van der Waals surface area contributed by atoms with Crippen molar-refractivity contribution in [2.24, 2.45) is 0 Å². The zero-order chi connectivity index (χ0) is 28.6. The fourth-order valence-electron chi connectivity index (χ4n) is 4.83. The van der Waals surface area contributed by atoms with E-state index < -0.39 is 59.9 Å². The highest BCUT2D eigenvalue weighted by Crippen LogP contribution is 2.32. The standard InChI is InChI=1S/C28H26F4N4O4/c1-28(40-15-17-5-3-2-4-6-17)11-22(31)23(32)14-34-16-36(28)35-13-20(25(37)10-24(35)27(34)39)26(38)33-12-18-7-8-19(29)9-21(18)30/h2-10,13,22-23H,11-12,14-16H2,1H3,(H,33,38). The van der Waals surface area contributed by atoms with Gasteiger partial charge in [0.1, 0.15) is 41.9 Å². The average molecular weight is 559 g/mol. The summed E-state index contributed by atoms with van der Waals surface area (Å²) in [6.45, 7) is 0.535. The normalized spacial score (nSPS) is 22.4. The van der Waals surface area contributed by atoms with Crippen LogP contribution in [0, 0.1) is 11.6 Å². The van der Waals surface area contributed by atoms with Crippen molar-refractivity contribution in [3.05, 3.63) is 105 Å². The fourth-order valence-corrected chi connectivity index (χ4v) is 4.83. The number of hydrogen-bond acceptors (Lipinski definition) is 5. The Hall–Kier alpha value is -4.19. The summed E-state index contributed by atoms with van der Waals surface area (Å²) >= 11 is 0. The summed E-state index contributed by atoms with van der Waals surface area (Å²) in [5.41, 5.74) is -2.07. The third kappa shape index (κ3) is 5.31. The highest BCUT2D eigenvalue weighted by atomic mass is 19.2. The summed E-state index contributed by atoms with van der Waals surface area (Å²) in [6.07, 6.45) is -3.20. The Morgan fingerprint density at radius 3 is 2.55 bits per heavy atom. The van der Waals surface area contributed by atoms with Crippen LogP contribution in [0.15, 0.2) is 65.6 Å². The van der Waals surface area contributed by atoms with Gasteiger partial charge in [-0.2, -0.15) is 0 Å². The molecule has 3 aromatic rings. The zero-order valence-electron chi connectivity index (χ0n) is 21.5. The predicted octanol–water partition coefficient (Wildman–Crippen LogP) is 3.42. The second-order valence-corrected chi connectivity index (χ2v) is 9.95. The van der Waals surface area contributed by atoms with Crippen molar-refractivity contribution < 1.29 is 31.9 Å². The van der Waals surface area contributed by atoms with Crippen LogP contribution in [0.5, 0.6) is 0 Å². The van der Waals surface area contributed by atoms with Gasteiger partial charge in [0.15, 0.2) is 11.2 Å². The Bertz CT molecular complexity index is 1500. The van der Waals surface area contributed by atoms with E-state index in [1.54, 1.807) is 31.2 Å². The lowest BCUT2D eigenvalue weighted by molar-refractivity contribution is -0.102. The van der Waals surface area contributed by atoms with Crippen LogP contribution in [-0.2, 0) is 17.9 Å². The topological polar surface area (TPSA) is 83.9 Å². The monoisotopic (exact) mass is 558 g/mol. The molecular weight excluding hydrogens is 532 g/mol. The van der Waals surface area contributed by atoms with E-state index in [4.69, 9.17) is 4.74 Å². The van der Waals surface area contributed by atoms with Crippen molar-refractivity contribution in [1.82, 2.24) is 14.9 Å². The van der Waals surface area contributed by atoms with Crippen molar-refractivity contribution in [3.8, 4) is 0 Å². The number of carbonyl (C=O) groups excluding carboxylic acids is 2. The number of aromatic nitrogens is 1. The van der Waals surface area contributed by atoms with E-state index in [2.05, 4.69) is 5.32 Å². The van der Waals surface area contributed by atoms with E-state index in [-0.39, 0.29) is 36.6 Å². The fraction of sp³-hybridized carbons (Fsp3) is 0.321. The molecule has 1 aromatic heterocycles. The first-order valence-corrected chi connectivity index (χ1v) is 12.6. The average Bonchev–Trinajstić information content (AvgIpc) is 2.92. The molecule has 1 fully saturated rings. The van der Waals surface area contributed by atoms with Gasteiger partial charge < -0.3 is 15.0 Å². The molecule has 5 rings (SSSR count). The van der Waals surface area contributed by atoms with Crippen LogP contribution >= 0.6 is 0 Å². The molecule has 0 aliphatic carbocycles. The number of pyridine rings is 1. The van der Waals surface area contributed by atoms with Crippen molar-refractivity contribution >= 4 is 11.8 Å². The number of benzene rings is 2. The molecule has 3 atom stereocenters. The largest absolute Gasteiger partial charge is 0.350 e. The molecule has 2 aliphatic rings. The number of rotatable bonds is 6. The maximum Gasteiger partial charge on any atom is 0.274 e. The Morgan fingerprint density at radius 2 is 1.82 bits per heavy atom. The lowest BCUT2D eigenvalue weighted by atomic mass is 10.0. The second kappa shape index (κ2) is 10.8. The first-order chi connectivity index (χ1) is 19.1. The summed E-state index contributed by atoms with van der Waals surface area (Å²) in [6, 6.07) is 12.9. The molecule has 12 heteroatoms. The van der Waals surface area contributed by atoms with E-state index in [9.17, 15) is 27.6 Å². The molecule has 8 nitrogen and oxygen atoms in total. The van der Waals surface area contributed by atoms with Crippen LogP contribution in [0.3, 0.4) is 0 Å². The Labute approximate surface area is 226 Å². The Balaban J connectivity index is 1.50. The summed E-state index contributed by atoms with van der Waals surface area (Å²) in [5, 5.41) is 3.90. The van der Waals surface area contributed by atoms with Gasteiger partial charge in [0.25, 0.3) is 11.8 Å². The third-order valence-electron chi connectivity index (χ3n) is 7.10. The van der Waals surface area contributed by atoms with Crippen molar-refractivity contribution in [2.45, 2.75) is 44.6 Å². The van der Waals surface area contributed by atoms with Crippen molar-refractivity contribution in [1.29, 1.82) is 0 Å². The van der Waals surface area contributed by atoms with E-state index >= 15 is 4.39 Å². The number of nitrogens with one attached hydrogen (secondary N) is 1. The minimum atomic E-state index is -1.97. The molecule has 2 bridgehead atoms. The molecule has 210 valence electrons. The zero-order valence-corrected chi connectivity index (χ0v) is 21.5. The highest BCUT2D eigenvalue weighted by molar-refractivity contribution is 5.97. The third-order valence-corrected chi connectivity index (χ3v) is 7.10. The Kier molecular flexibility index (Phi) is 7.37. The molecule has 1 N–H and O–H groups in total. The lowest BCUT2D eigenvalue weighted by Gasteiger charge is -2.51. The van der Waals surface area contributed by atoms with Crippen LogP contribution < -0.4 is 15.8 Å². The first kappa shape index (κ1) is 27.4. The minimum Gasteiger partial charge on any atom is -0.350 e. The predicted molar refractivity (Wildman–Crippen MR) is 136 cm³/mol. The van der Waals surface area contributed by atoms with Crippen LogP contribution in [-0.4, -0.2) is 52.7 Å². The summed E-state index contributed by atoms with van der Waals surface area (Å²) in [7, 11) is 0. The number of halogens is 4. The van der Waals surface area contributed by atoms with E-state index in [0.29, 0.717) is 6.07 Å². The van der Waals surface area contributed by atoms with Gasteiger partial charge in [-0.3, -0.25) is 24.1 Å². The molecule has 0 radical (unpaired) electrons. The maximum atomic E-state index is 15.0. The number of carbonyl (C=O) groups is 2. The second-order valence-electron chi connectivity index (χ2n) is 9.95. The van der Waals surface area contributed by atoms with Crippen molar-refractivity contribution in [3.63, 3.8) is 0 Å². The SMILES string of the molecule is CC1(OCc2ccccc2)CC(F)C(F)CN2CN1n1cc(C(=O)NCc3ccc(F)cc3F)c(=O)cc1C2=O. The number of fused-ring (bicyclic) bond motifs is 4. The molecule has 3 unspecified atom stereocenters. The van der Waals surface area contributed by atoms with Gasteiger partial charge in [-0.05, 0) is 18.6 Å². The van der Waals surface area contributed by atoms with Crippen LogP contribution in [0.25, 0.3) is 0 Å². The van der Waals surface area contributed by atoms with E-state index in [0.717, 1.165) is 28.8 Å². The lowest BCUT2D eigenvalue weighted by Crippen LogP contribution is -2.67. The van der Waals surface area contributed by atoms with Gasteiger partial charge >= 0.3 is 0 Å².